The fourth-order valence-corrected chi connectivity index (χ4v) is 1.90. The summed E-state index contributed by atoms with van der Waals surface area (Å²) in [6.07, 6.45) is 2.87. The SMILES string of the molecule is O=C(O)C1CC1C(=O)NCC1(O)CCC1. The number of carboxylic acid groups (broad SMARTS) is 1. The molecular formula is C10H15NO4. The lowest BCUT2D eigenvalue weighted by atomic mass is 9.80. The maximum atomic E-state index is 11.4. The molecule has 0 saturated heterocycles. The zero-order valence-electron chi connectivity index (χ0n) is 8.40. The van der Waals surface area contributed by atoms with Crippen LogP contribution in [0.3, 0.4) is 0 Å². The minimum atomic E-state index is -0.905. The molecule has 0 aliphatic heterocycles. The molecule has 2 atom stereocenters. The van der Waals surface area contributed by atoms with Gasteiger partial charge in [-0.25, -0.2) is 0 Å². The zero-order valence-corrected chi connectivity index (χ0v) is 8.40. The van der Waals surface area contributed by atoms with Crippen LogP contribution in [-0.2, 0) is 9.59 Å². The first-order valence-corrected chi connectivity index (χ1v) is 5.25. The van der Waals surface area contributed by atoms with Gasteiger partial charge in [0.25, 0.3) is 0 Å². The van der Waals surface area contributed by atoms with Crippen LogP contribution in [0.1, 0.15) is 25.7 Å². The molecule has 0 aromatic carbocycles. The van der Waals surface area contributed by atoms with E-state index in [0.717, 1.165) is 19.3 Å². The monoisotopic (exact) mass is 213 g/mol. The van der Waals surface area contributed by atoms with E-state index in [1.165, 1.54) is 0 Å². The highest BCUT2D eigenvalue weighted by molar-refractivity contribution is 5.89. The Bertz CT molecular complexity index is 298. The molecule has 0 radical (unpaired) electrons. The van der Waals surface area contributed by atoms with Gasteiger partial charge in [-0.3, -0.25) is 9.59 Å². The molecule has 1 amide bonds. The van der Waals surface area contributed by atoms with Crippen molar-refractivity contribution in [3.05, 3.63) is 0 Å². The molecule has 2 rings (SSSR count). The summed E-state index contributed by atoms with van der Waals surface area (Å²) in [7, 11) is 0. The smallest absolute Gasteiger partial charge is 0.307 e. The summed E-state index contributed by atoms with van der Waals surface area (Å²) in [4.78, 5) is 21.9. The highest BCUT2D eigenvalue weighted by atomic mass is 16.4. The maximum absolute atomic E-state index is 11.4. The summed E-state index contributed by atoms with van der Waals surface area (Å²) in [6.45, 7) is 0.259. The van der Waals surface area contributed by atoms with Gasteiger partial charge < -0.3 is 15.5 Å². The molecule has 84 valence electrons. The Morgan fingerprint density at radius 2 is 2.00 bits per heavy atom. The fourth-order valence-electron chi connectivity index (χ4n) is 1.90. The molecule has 0 spiro atoms. The largest absolute Gasteiger partial charge is 0.481 e. The number of aliphatic carboxylic acids is 1. The molecule has 0 bridgehead atoms. The quantitative estimate of drug-likeness (QED) is 0.600. The van der Waals surface area contributed by atoms with Gasteiger partial charge >= 0.3 is 5.97 Å². The van der Waals surface area contributed by atoms with Crippen molar-refractivity contribution in [1.29, 1.82) is 0 Å². The highest BCUT2D eigenvalue weighted by Crippen LogP contribution is 2.39. The van der Waals surface area contributed by atoms with E-state index in [2.05, 4.69) is 5.32 Å². The Morgan fingerprint density at radius 3 is 2.40 bits per heavy atom. The van der Waals surface area contributed by atoms with Crippen molar-refractivity contribution >= 4 is 11.9 Å². The number of rotatable bonds is 4. The molecule has 2 fully saturated rings. The van der Waals surface area contributed by atoms with E-state index in [0.29, 0.717) is 6.42 Å². The van der Waals surface area contributed by atoms with E-state index in [9.17, 15) is 14.7 Å². The molecule has 0 aromatic heterocycles. The van der Waals surface area contributed by atoms with Gasteiger partial charge in [0.15, 0.2) is 0 Å². The molecule has 0 heterocycles. The first kappa shape index (κ1) is 10.4. The second-order valence-corrected chi connectivity index (χ2v) is 4.58. The van der Waals surface area contributed by atoms with E-state index < -0.39 is 17.5 Å². The molecule has 5 heteroatoms. The van der Waals surface area contributed by atoms with Crippen molar-refractivity contribution in [2.75, 3.05) is 6.54 Å². The van der Waals surface area contributed by atoms with Gasteiger partial charge in [0, 0.05) is 6.54 Å². The third-order valence-corrected chi connectivity index (χ3v) is 3.32. The zero-order chi connectivity index (χ0) is 11.1. The van der Waals surface area contributed by atoms with Crippen molar-refractivity contribution in [1.82, 2.24) is 5.32 Å². The van der Waals surface area contributed by atoms with Gasteiger partial charge in [0.05, 0.1) is 17.4 Å². The number of hydrogen-bond acceptors (Lipinski definition) is 3. The van der Waals surface area contributed by atoms with Crippen LogP contribution in [-0.4, -0.2) is 34.2 Å². The first-order chi connectivity index (χ1) is 7.02. The topological polar surface area (TPSA) is 86.6 Å². The van der Waals surface area contributed by atoms with Crippen LogP contribution in [0.2, 0.25) is 0 Å². The number of nitrogens with one attached hydrogen (secondary N) is 1. The average molecular weight is 213 g/mol. The molecule has 2 aliphatic rings. The van der Waals surface area contributed by atoms with Crippen molar-refractivity contribution < 1.29 is 19.8 Å². The van der Waals surface area contributed by atoms with Gasteiger partial charge in [0.2, 0.25) is 5.91 Å². The molecule has 0 aromatic rings. The number of carboxylic acids is 1. The van der Waals surface area contributed by atoms with Crippen LogP contribution in [0.15, 0.2) is 0 Å². The van der Waals surface area contributed by atoms with E-state index in [-0.39, 0.29) is 18.4 Å². The molecule has 3 N–H and O–H groups in total. The standard InChI is InChI=1S/C10H15NO4/c12-8(6-4-7(6)9(13)14)11-5-10(15)2-1-3-10/h6-7,15H,1-5H2,(H,11,12)(H,13,14). The van der Waals surface area contributed by atoms with E-state index in [1.807, 2.05) is 0 Å². The first-order valence-electron chi connectivity index (χ1n) is 5.25. The Hall–Kier alpha value is -1.10. The maximum Gasteiger partial charge on any atom is 0.307 e. The second kappa shape index (κ2) is 3.48. The number of hydrogen-bond donors (Lipinski definition) is 3. The molecule has 5 nitrogen and oxygen atoms in total. The highest BCUT2D eigenvalue weighted by Gasteiger charge is 2.48. The van der Waals surface area contributed by atoms with Gasteiger partial charge in [0.1, 0.15) is 0 Å². The Kier molecular flexibility index (Phi) is 2.42. The van der Waals surface area contributed by atoms with Gasteiger partial charge in [-0.15, -0.1) is 0 Å². The minimum Gasteiger partial charge on any atom is -0.481 e. The fraction of sp³-hybridized carbons (Fsp3) is 0.800. The predicted octanol–water partition coefficient (Wildman–Crippen LogP) is -0.262. The summed E-state index contributed by atoms with van der Waals surface area (Å²) in [5, 5.41) is 21.0. The van der Waals surface area contributed by atoms with Crippen molar-refractivity contribution in [3.63, 3.8) is 0 Å². The minimum absolute atomic E-state index is 0.234. The molecular weight excluding hydrogens is 198 g/mol. The predicted molar refractivity (Wildman–Crippen MR) is 51.0 cm³/mol. The summed E-state index contributed by atoms with van der Waals surface area (Å²) in [5.41, 5.74) is -0.733. The van der Waals surface area contributed by atoms with E-state index >= 15 is 0 Å². The molecule has 2 aliphatic carbocycles. The lowest BCUT2D eigenvalue weighted by Gasteiger charge is -2.36. The molecule has 2 saturated carbocycles. The van der Waals surface area contributed by atoms with Crippen LogP contribution in [0, 0.1) is 11.8 Å². The number of aliphatic hydroxyl groups is 1. The normalized spacial score (nSPS) is 31.5. The van der Waals surface area contributed by atoms with Crippen LogP contribution in [0.5, 0.6) is 0 Å². The van der Waals surface area contributed by atoms with Gasteiger partial charge in [-0.2, -0.15) is 0 Å². The van der Waals surface area contributed by atoms with Crippen LogP contribution < -0.4 is 5.32 Å². The number of carbonyl (C=O) groups excluding carboxylic acids is 1. The van der Waals surface area contributed by atoms with E-state index in [1.54, 1.807) is 0 Å². The number of carbonyl (C=O) groups is 2. The molecule has 2 unspecified atom stereocenters. The number of amides is 1. The van der Waals surface area contributed by atoms with Crippen molar-refractivity contribution in [3.8, 4) is 0 Å². The van der Waals surface area contributed by atoms with Crippen molar-refractivity contribution in [2.45, 2.75) is 31.3 Å². The summed E-state index contributed by atoms with van der Waals surface area (Å²) < 4.78 is 0. The lowest BCUT2D eigenvalue weighted by molar-refractivity contribution is -0.140. The summed E-state index contributed by atoms with van der Waals surface area (Å²) in [6, 6.07) is 0. The van der Waals surface area contributed by atoms with Gasteiger partial charge in [-0.05, 0) is 25.7 Å². The van der Waals surface area contributed by atoms with Crippen LogP contribution >= 0.6 is 0 Å². The Labute approximate surface area is 87.5 Å². The van der Waals surface area contributed by atoms with E-state index in [4.69, 9.17) is 5.11 Å². The second-order valence-electron chi connectivity index (χ2n) is 4.58. The average Bonchev–Trinajstić information content (AvgIpc) is 2.90. The Balaban J connectivity index is 1.72. The Morgan fingerprint density at radius 1 is 1.33 bits per heavy atom. The van der Waals surface area contributed by atoms with Crippen LogP contribution in [0.25, 0.3) is 0 Å². The van der Waals surface area contributed by atoms with Gasteiger partial charge in [-0.1, -0.05) is 0 Å². The summed E-state index contributed by atoms with van der Waals surface area (Å²) in [5.74, 6) is -2.03. The third-order valence-electron chi connectivity index (χ3n) is 3.32. The van der Waals surface area contributed by atoms with Crippen LogP contribution in [0.4, 0.5) is 0 Å². The lowest BCUT2D eigenvalue weighted by Crippen LogP contribution is -2.48. The summed E-state index contributed by atoms with van der Waals surface area (Å²) >= 11 is 0. The third kappa shape index (κ3) is 2.12. The molecule has 15 heavy (non-hydrogen) atoms. The van der Waals surface area contributed by atoms with Crippen molar-refractivity contribution in [2.24, 2.45) is 11.8 Å².